The predicted octanol–water partition coefficient (Wildman–Crippen LogP) is 5.00. The third kappa shape index (κ3) is 5.98. The summed E-state index contributed by atoms with van der Waals surface area (Å²) >= 11 is 9.18. The highest BCUT2D eigenvalue weighted by Crippen LogP contribution is 2.28. The molecule has 3 aromatic carbocycles. The molecule has 9 heteroatoms. The molecule has 30 heavy (non-hydrogen) atoms. The van der Waals surface area contributed by atoms with Crippen LogP contribution in [0.15, 0.2) is 81.2 Å². The van der Waals surface area contributed by atoms with E-state index < -0.39 is 10.0 Å². The van der Waals surface area contributed by atoms with Gasteiger partial charge in [-0.1, -0.05) is 39.7 Å². The molecular weight excluding hydrogens is 492 g/mol. The minimum absolute atomic E-state index is 0.0679. The van der Waals surface area contributed by atoms with E-state index in [4.69, 9.17) is 21.1 Å². The van der Waals surface area contributed by atoms with Crippen LogP contribution in [-0.4, -0.2) is 21.7 Å². The van der Waals surface area contributed by atoms with Gasteiger partial charge in [-0.05, 0) is 65.7 Å². The summed E-state index contributed by atoms with van der Waals surface area (Å²) in [6.07, 6.45) is 1.38. The summed E-state index contributed by atoms with van der Waals surface area (Å²) in [6, 6.07) is 18.8. The van der Waals surface area contributed by atoms with Crippen LogP contribution in [0, 0.1) is 0 Å². The molecule has 0 fully saturated rings. The molecule has 0 aromatic heterocycles. The van der Waals surface area contributed by atoms with E-state index in [0.29, 0.717) is 28.7 Å². The highest BCUT2D eigenvalue weighted by Gasteiger charge is 2.12. The second-order valence-electron chi connectivity index (χ2n) is 6.13. The van der Waals surface area contributed by atoms with Crippen molar-refractivity contribution in [3.05, 3.63) is 87.4 Å². The maximum absolute atomic E-state index is 12.2. The molecule has 156 valence electrons. The Balaban J connectivity index is 1.66. The molecule has 3 aromatic rings. The fourth-order valence-corrected chi connectivity index (χ4v) is 3.64. The van der Waals surface area contributed by atoms with Gasteiger partial charge in [-0.15, -0.1) is 0 Å². The number of sulfonamides is 1. The molecule has 0 saturated heterocycles. The van der Waals surface area contributed by atoms with Crippen molar-refractivity contribution in [1.29, 1.82) is 0 Å². The van der Waals surface area contributed by atoms with E-state index in [0.717, 1.165) is 10.0 Å². The van der Waals surface area contributed by atoms with Crippen molar-refractivity contribution in [2.45, 2.75) is 11.5 Å². The van der Waals surface area contributed by atoms with Gasteiger partial charge in [0.05, 0.1) is 18.2 Å². The van der Waals surface area contributed by atoms with E-state index in [9.17, 15) is 8.42 Å². The number of rotatable bonds is 8. The lowest BCUT2D eigenvalue weighted by Gasteiger charge is -2.11. The average Bonchev–Trinajstić information content (AvgIpc) is 2.74. The van der Waals surface area contributed by atoms with Crippen molar-refractivity contribution >= 4 is 43.8 Å². The van der Waals surface area contributed by atoms with Crippen LogP contribution in [-0.2, 0) is 16.6 Å². The first-order chi connectivity index (χ1) is 14.4. The highest BCUT2D eigenvalue weighted by atomic mass is 79.9. The van der Waals surface area contributed by atoms with E-state index >= 15 is 0 Å². The number of hydrazone groups is 1. The van der Waals surface area contributed by atoms with Crippen LogP contribution in [0.4, 0.5) is 0 Å². The van der Waals surface area contributed by atoms with Crippen LogP contribution in [0.5, 0.6) is 11.5 Å². The molecule has 0 heterocycles. The topological polar surface area (TPSA) is 77.0 Å². The lowest BCUT2D eigenvalue weighted by Crippen LogP contribution is -2.18. The van der Waals surface area contributed by atoms with Crippen LogP contribution in [0.3, 0.4) is 0 Å². The number of benzene rings is 3. The van der Waals surface area contributed by atoms with Crippen LogP contribution in [0.1, 0.15) is 11.1 Å². The molecule has 0 atom stereocenters. The van der Waals surface area contributed by atoms with Crippen molar-refractivity contribution in [3.63, 3.8) is 0 Å². The number of nitrogens with zero attached hydrogens (tertiary/aromatic N) is 1. The van der Waals surface area contributed by atoms with E-state index in [1.165, 1.54) is 37.6 Å². The van der Waals surface area contributed by atoms with Crippen molar-refractivity contribution in [2.24, 2.45) is 5.10 Å². The van der Waals surface area contributed by atoms with Gasteiger partial charge in [-0.25, -0.2) is 4.83 Å². The van der Waals surface area contributed by atoms with Gasteiger partial charge in [0.15, 0.2) is 11.5 Å². The zero-order valence-electron chi connectivity index (χ0n) is 15.9. The molecule has 6 nitrogen and oxygen atoms in total. The molecule has 0 aliphatic carbocycles. The number of halogens is 2. The van der Waals surface area contributed by atoms with Crippen molar-refractivity contribution in [3.8, 4) is 11.5 Å². The molecule has 0 aliphatic heterocycles. The minimum atomic E-state index is -3.78. The second-order valence-corrected chi connectivity index (χ2v) is 9.15. The van der Waals surface area contributed by atoms with E-state index in [-0.39, 0.29) is 4.90 Å². The molecule has 1 N–H and O–H groups in total. The maximum atomic E-state index is 12.2. The van der Waals surface area contributed by atoms with Crippen LogP contribution in [0.2, 0.25) is 5.02 Å². The summed E-state index contributed by atoms with van der Waals surface area (Å²) < 4.78 is 36.7. The highest BCUT2D eigenvalue weighted by molar-refractivity contribution is 9.10. The zero-order valence-corrected chi connectivity index (χ0v) is 19.0. The van der Waals surface area contributed by atoms with Gasteiger partial charge in [0.25, 0.3) is 10.0 Å². The SMILES string of the molecule is COc1cc(/C=N/NS(=O)(=O)c2ccc(Cl)cc2)ccc1OCc1ccc(Br)cc1. The number of hydrogen-bond acceptors (Lipinski definition) is 5. The molecule has 0 bridgehead atoms. The predicted molar refractivity (Wildman–Crippen MR) is 121 cm³/mol. The summed E-state index contributed by atoms with van der Waals surface area (Å²) in [4.78, 5) is 2.24. The second kappa shape index (κ2) is 9.97. The van der Waals surface area contributed by atoms with E-state index in [1.54, 1.807) is 18.2 Å². The Morgan fingerprint density at radius 3 is 2.40 bits per heavy atom. The standard InChI is InChI=1S/C21H18BrClN2O4S/c1-28-21-12-16(4-11-20(21)29-14-15-2-5-17(22)6-3-15)13-24-25-30(26,27)19-9-7-18(23)8-10-19/h2-13,25H,14H2,1H3/b24-13+. The first-order valence-corrected chi connectivity index (χ1v) is 11.4. The first kappa shape index (κ1) is 22.1. The van der Waals surface area contributed by atoms with Gasteiger partial charge in [-0.3, -0.25) is 0 Å². The van der Waals surface area contributed by atoms with Crippen LogP contribution >= 0.6 is 27.5 Å². The zero-order chi connectivity index (χ0) is 21.6. The molecule has 0 radical (unpaired) electrons. The average molecular weight is 510 g/mol. The Labute approximate surface area is 188 Å². The first-order valence-electron chi connectivity index (χ1n) is 8.73. The quantitative estimate of drug-likeness (QED) is 0.342. The Hall–Kier alpha value is -2.55. The summed E-state index contributed by atoms with van der Waals surface area (Å²) in [5.74, 6) is 1.08. The van der Waals surface area contributed by atoms with Crippen molar-refractivity contribution in [2.75, 3.05) is 7.11 Å². The van der Waals surface area contributed by atoms with Gasteiger partial charge in [0.1, 0.15) is 6.61 Å². The smallest absolute Gasteiger partial charge is 0.276 e. The van der Waals surface area contributed by atoms with E-state index in [1.807, 2.05) is 24.3 Å². The number of hydrogen-bond donors (Lipinski definition) is 1. The molecule has 0 aliphatic rings. The van der Waals surface area contributed by atoms with Crippen molar-refractivity contribution in [1.82, 2.24) is 4.83 Å². The Kier molecular flexibility index (Phi) is 7.36. The molecular formula is C21H18BrClN2O4S. The van der Waals surface area contributed by atoms with Crippen LogP contribution in [0.25, 0.3) is 0 Å². The third-order valence-corrected chi connectivity index (χ3v) is 6.02. The normalized spacial score (nSPS) is 11.4. The summed E-state index contributed by atoms with van der Waals surface area (Å²) in [6.45, 7) is 0.387. The van der Waals surface area contributed by atoms with Crippen LogP contribution < -0.4 is 14.3 Å². The monoisotopic (exact) mass is 508 g/mol. The maximum Gasteiger partial charge on any atom is 0.276 e. The number of nitrogens with one attached hydrogen (secondary N) is 1. The minimum Gasteiger partial charge on any atom is -0.493 e. The van der Waals surface area contributed by atoms with Gasteiger partial charge >= 0.3 is 0 Å². The molecule has 3 rings (SSSR count). The third-order valence-electron chi connectivity index (χ3n) is 4.01. The summed E-state index contributed by atoms with van der Waals surface area (Å²) in [7, 11) is -2.25. The number of methoxy groups -OCH3 is 1. The lowest BCUT2D eigenvalue weighted by atomic mass is 10.2. The lowest BCUT2D eigenvalue weighted by molar-refractivity contribution is 0.284. The molecule has 0 amide bonds. The Morgan fingerprint density at radius 1 is 1.03 bits per heavy atom. The fraction of sp³-hybridized carbons (Fsp3) is 0.0952. The van der Waals surface area contributed by atoms with Crippen molar-refractivity contribution < 1.29 is 17.9 Å². The van der Waals surface area contributed by atoms with Gasteiger partial charge in [0, 0.05) is 9.50 Å². The molecule has 0 unspecified atom stereocenters. The number of ether oxygens (including phenoxy) is 2. The van der Waals surface area contributed by atoms with E-state index in [2.05, 4.69) is 25.9 Å². The Morgan fingerprint density at radius 2 is 1.73 bits per heavy atom. The van der Waals surface area contributed by atoms with Gasteiger partial charge in [0.2, 0.25) is 0 Å². The van der Waals surface area contributed by atoms with Gasteiger partial charge < -0.3 is 9.47 Å². The summed E-state index contributed by atoms with van der Waals surface area (Å²) in [5.41, 5.74) is 1.66. The van der Waals surface area contributed by atoms with Gasteiger partial charge in [-0.2, -0.15) is 13.5 Å². The molecule has 0 spiro atoms. The Bertz CT molecular complexity index is 1130. The largest absolute Gasteiger partial charge is 0.493 e. The fourth-order valence-electron chi connectivity index (χ4n) is 2.46. The molecule has 0 saturated carbocycles. The summed E-state index contributed by atoms with van der Waals surface area (Å²) in [5, 5.41) is 4.27.